The van der Waals surface area contributed by atoms with Crippen LogP contribution in [-0.4, -0.2) is 30.2 Å². The van der Waals surface area contributed by atoms with Crippen molar-refractivity contribution < 1.29 is 13.7 Å². The van der Waals surface area contributed by atoms with Gasteiger partial charge in [0.15, 0.2) is 5.82 Å². The maximum atomic E-state index is 13.5. The van der Waals surface area contributed by atoms with Crippen LogP contribution >= 0.6 is 0 Å². The van der Waals surface area contributed by atoms with Gasteiger partial charge in [-0.15, -0.1) is 0 Å². The van der Waals surface area contributed by atoms with Crippen molar-refractivity contribution in [1.29, 1.82) is 0 Å². The number of hydrogen-bond acceptors (Lipinski definition) is 6. The van der Waals surface area contributed by atoms with Crippen molar-refractivity contribution in [3.63, 3.8) is 0 Å². The molecule has 0 bridgehead atoms. The third-order valence-electron chi connectivity index (χ3n) is 5.88. The molecule has 0 saturated heterocycles. The quantitative estimate of drug-likeness (QED) is 0.418. The summed E-state index contributed by atoms with van der Waals surface area (Å²) < 4.78 is 21.9. The summed E-state index contributed by atoms with van der Waals surface area (Å²) in [6.07, 6.45) is 3.55. The highest BCUT2D eigenvalue weighted by molar-refractivity contribution is 6.06. The van der Waals surface area contributed by atoms with E-state index in [1.807, 2.05) is 24.3 Å². The molecule has 0 unspecified atom stereocenters. The lowest BCUT2D eigenvalue weighted by Crippen LogP contribution is -2.25. The van der Waals surface area contributed by atoms with Gasteiger partial charge in [-0.25, -0.2) is 9.37 Å². The fraction of sp³-hybridized carbons (Fsp3) is 0.208. The molecule has 0 spiro atoms. The van der Waals surface area contributed by atoms with Crippen molar-refractivity contribution in [3.8, 4) is 0 Å². The summed E-state index contributed by atoms with van der Waals surface area (Å²) in [6.45, 7) is -0.0631. The van der Waals surface area contributed by atoms with Crippen LogP contribution in [0, 0.1) is 5.82 Å². The second-order valence-electron chi connectivity index (χ2n) is 8.36. The molecule has 9 nitrogen and oxygen atoms in total. The number of benzene rings is 2. The molecule has 0 radical (unpaired) electrons. The molecule has 1 fully saturated rings. The Kier molecular flexibility index (Phi) is 4.72. The zero-order chi connectivity index (χ0) is 23.2. The molecule has 0 atom stereocenters. The van der Waals surface area contributed by atoms with Crippen molar-refractivity contribution in [2.24, 2.45) is 0 Å². The highest BCUT2D eigenvalue weighted by atomic mass is 19.1. The molecular weight excluding hydrogens is 439 g/mol. The summed E-state index contributed by atoms with van der Waals surface area (Å²) in [6, 6.07) is 13.0. The summed E-state index contributed by atoms with van der Waals surface area (Å²) in [5, 5.41) is 7.44. The molecule has 6 rings (SSSR count). The van der Waals surface area contributed by atoms with Gasteiger partial charge in [-0.3, -0.25) is 14.2 Å². The Balaban J connectivity index is 1.39. The number of carbonyl (C=O) groups is 1. The number of halogens is 1. The Morgan fingerprint density at radius 1 is 1.18 bits per heavy atom. The third kappa shape index (κ3) is 3.62. The van der Waals surface area contributed by atoms with Crippen molar-refractivity contribution in [2.45, 2.75) is 31.8 Å². The van der Waals surface area contributed by atoms with Gasteiger partial charge >= 0.3 is 0 Å². The van der Waals surface area contributed by atoms with Gasteiger partial charge in [0.1, 0.15) is 29.9 Å². The van der Waals surface area contributed by atoms with E-state index in [9.17, 15) is 14.0 Å². The summed E-state index contributed by atoms with van der Waals surface area (Å²) in [5.41, 5.74) is 1.50. The van der Waals surface area contributed by atoms with E-state index in [0.29, 0.717) is 39.9 Å². The van der Waals surface area contributed by atoms with Crippen molar-refractivity contribution in [2.75, 3.05) is 5.32 Å². The van der Waals surface area contributed by atoms with Crippen LogP contribution in [0.5, 0.6) is 0 Å². The molecule has 1 aliphatic rings. The molecule has 1 aliphatic carbocycles. The average Bonchev–Trinajstić information content (AvgIpc) is 3.49. The van der Waals surface area contributed by atoms with E-state index in [2.05, 4.69) is 20.4 Å². The van der Waals surface area contributed by atoms with Gasteiger partial charge in [-0.05, 0) is 37.1 Å². The molecule has 34 heavy (non-hydrogen) atoms. The Bertz CT molecular complexity index is 1610. The van der Waals surface area contributed by atoms with Gasteiger partial charge in [-0.2, -0.15) is 4.98 Å². The molecule has 0 aliphatic heterocycles. The van der Waals surface area contributed by atoms with Crippen LogP contribution in [0.4, 0.5) is 10.1 Å². The lowest BCUT2D eigenvalue weighted by atomic mass is 10.2. The second kappa shape index (κ2) is 7.91. The Labute approximate surface area is 191 Å². The second-order valence-corrected chi connectivity index (χ2v) is 8.36. The highest BCUT2D eigenvalue weighted by Crippen LogP contribution is 2.38. The zero-order valence-corrected chi connectivity index (χ0v) is 17.9. The summed E-state index contributed by atoms with van der Waals surface area (Å²) >= 11 is 0. The van der Waals surface area contributed by atoms with Crippen molar-refractivity contribution >= 4 is 33.5 Å². The van der Waals surface area contributed by atoms with Crippen LogP contribution in [0.2, 0.25) is 0 Å². The highest BCUT2D eigenvalue weighted by Gasteiger charge is 2.29. The molecule has 3 aromatic heterocycles. The largest absolute Gasteiger partial charge is 0.337 e. The maximum absolute atomic E-state index is 13.5. The van der Waals surface area contributed by atoms with Crippen LogP contribution in [0.1, 0.15) is 30.5 Å². The summed E-state index contributed by atoms with van der Waals surface area (Å²) in [7, 11) is 0. The average molecular weight is 458 g/mol. The molecule has 1 saturated carbocycles. The number of fused-ring (bicyclic) bond motifs is 3. The van der Waals surface area contributed by atoms with E-state index in [-0.39, 0.29) is 18.6 Å². The number of rotatable bonds is 6. The lowest BCUT2D eigenvalue weighted by Gasteiger charge is -2.09. The minimum absolute atomic E-state index is 0.0819. The molecule has 1 N–H and O–H groups in total. The van der Waals surface area contributed by atoms with E-state index in [0.717, 1.165) is 18.2 Å². The first kappa shape index (κ1) is 20.3. The molecule has 1 amide bonds. The van der Waals surface area contributed by atoms with Gasteiger partial charge in [0, 0.05) is 17.0 Å². The number of nitrogens with one attached hydrogen (secondary N) is 1. The number of para-hydroxylation sites is 1. The normalized spacial score (nSPS) is 13.6. The maximum Gasteiger partial charge on any atom is 0.278 e. The van der Waals surface area contributed by atoms with Crippen LogP contribution in [0.3, 0.4) is 0 Å². The van der Waals surface area contributed by atoms with E-state index in [1.165, 1.54) is 29.1 Å². The topological polar surface area (TPSA) is 108 Å². The van der Waals surface area contributed by atoms with Crippen molar-refractivity contribution in [1.82, 2.24) is 24.3 Å². The predicted octanol–water partition coefficient (Wildman–Crippen LogP) is 3.44. The number of aromatic nitrogens is 5. The van der Waals surface area contributed by atoms with Crippen LogP contribution < -0.4 is 10.9 Å². The Morgan fingerprint density at radius 3 is 2.85 bits per heavy atom. The van der Waals surface area contributed by atoms with Gasteiger partial charge in [0.2, 0.25) is 11.8 Å². The first-order chi connectivity index (χ1) is 16.6. The fourth-order valence-corrected chi connectivity index (χ4v) is 4.12. The first-order valence-corrected chi connectivity index (χ1v) is 10.9. The first-order valence-electron chi connectivity index (χ1n) is 10.9. The number of hydrogen-bond donors (Lipinski definition) is 1. The van der Waals surface area contributed by atoms with E-state index < -0.39 is 11.7 Å². The van der Waals surface area contributed by atoms with Crippen LogP contribution in [0.25, 0.3) is 21.9 Å². The minimum Gasteiger partial charge on any atom is -0.337 e. The van der Waals surface area contributed by atoms with Gasteiger partial charge in [0.05, 0.1) is 11.8 Å². The lowest BCUT2D eigenvalue weighted by molar-refractivity contribution is -0.116. The molecule has 10 heteroatoms. The van der Waals surface area contributed by atoms with E-state index >= 15 is 0 Å². The number of carbonyl (C=O) groups excluding carboxylic acids is 1. The number of amides is 1. The molecule has 170 valence electrons. The summed E-state index contributed by atoms with van der Waals surface area (Å²) in [4.78, 5) is 35.2. The molecular formula is C24H19FN6O3. The Morgan fingerprint density at radius 2 is 2.03 bits per heavy atom. The monoisotopic (exact) mass is 458 g/mol. The molecule has 5 aromatic rings. The zero-order valence-electron chi connectivity index (χ0n) is 17.9. The summed E-state index contributed by atoms with van der Waals surface area (Å²) in [5.74, 6) is 0.493. The molecule has 3 heterocycles. The predicted molar refractivity (Wildman–Crippen MR) is 122 cm³/mol. The molecule has 2 aromatic carbocycles. The number of nitrogens with zero attached hydrogens (tertiary/aromatic N) is 5. The third-order valence-corrected chi connectivity index (χ3v) is 5.88. The SMILES string of the molecule is O=C(Cn1c2ccccc2c2ncn(Cc3nc(C4CC4)no3)c(=O)c21)Nc1cccc(F)c1. The van der Waals surface area contributed by atoms with E-state index in [4.69, 9.17) is 4.52 Å². The van der Waals surface area contributed by atoms with Crippen LogP contribution in [-0.2, 0) is 17.9 Å². The number of anilines is 1. The standard InChI is InChI=1S/C24H19FN6O3/c25-15-4-3-5-16(10-15)27-19(32)11-31-18-7-2-1-6-17(18)21-22(31)24(33)30(13-26-21)12-20-28-23(29-34-20)14-8-9-14/h1-7,10,13-14H,8-9,11-12H2,(H,27,32). The Hall–Kier alpha value is -4.34. The minimum atomic E-state index is -0.451. The van der Waals surface area contributed by atoms with Gasteiger partial charge in [0.25, 0.3) is 5.56 Å². The fourth-order valence-electron chi connectivity index (χ4n) is 4.12. The van der Waals surface area contributed by atoms with E-state index in [1.54, 1.807) is 10.6 Å². The van der Waals surface area contributed by atoms with Gasteiger partial charge < -0.3 is 14.4 Å². The smallest absolute Gasteiger partial charge is 0.278 e. The van der Waals surface area contributed by atoms with Gasteiger partial charge in [-0.1, -0.05) is 29.4 Å². The van der Waals surface area contributed by atoms with Crippen LogP contribution in [0.15, 0.2) is 64.2 Å². The van der Waals surface area contributed by atoms with Crippen molar-refractivity contribution in [3.05, 3.63) is 82.7 Å².